The molecule has 20 heavy (non-hydrogen) atoms. The highest BCUT2D eigenvalue weighted by Gasteiger charge is 2.36. The molecule has 0 saturated carbocycles. The summed E-state index contributed by atoms with van der Waals surface area (Å²) in [5, 5.41) is 8.73. The molecular formula is C14H16N4S2. The van der Waals surface area contributed by atoms with Crippen LogP contribution < -0.4 is 15.8 Å². The summed E-state index contributed by atoms with van der Waals surface area (Å²) in [5.74, 6) is 0. The molecule has 0 aliphatic carbocycles. The molecule has 0 bridgehead atoms. The minimum atomic E-state index is -0.199. The third-order valence-electron chi connectivity index (χ3n) is 3.40. The summed E-state index contributed by atoms with van der Waals surface area (Å²) in [4.78, 5) is 4.67. The fraction of sp³-hybridized carbons (Fsp3) is 0.286. The van der Waals surface area contributed by atoms with Gasteiger partial charge < -0.3 is 5.32 Å². The molecule has 0 amide bonds. The van der Waals surface area contributed by atoms with Gasteiger partial charge in [-0.25, -0.2) is 15.4 Å². The van der Waals surface area contributed by atoms with Gasteiger partial charge in [0.2, 0.25) is 5.13 Å². The van der Waals surface area contributed by atoms with Gasteiger partial charge in [-0.1, -0.05) is 37.3 Å². The molecule has 2 aromatic rings. The first-order valence-corrected chi connectivity index (χ1v) is 7.81. The van der Waals surface area contributed by atoms with Crippen LogP contribution >= 0.6 is 23.6 Å². The van der Waals surface area contributed by atoms with Crippen molar-refractivity contribution >= 4 is 33.8 Å². The number of benzene rings is 1. The van der Waals surface area contributed by atoms with E-state index in [4.69, 9.17) is 12.2 Å². The smallest absolute Gasteiger partial charge is 0.207 e. The second-order valence-electron chi connectivity index (χ2n) is 4.94. The second kappa shape index (κ2) is 5.12. The topological polar surface area (TPSA) is 40.2 Å². The van der Waals surface area contributed by atoms with Crippen molar-refractivity contribution in [1.82, 2.24) is 15.7 Å². The molecule has 6 heteroatoms. The summed E-state index contributed by atoms with van der Waals surface area (Å²) in [7, 11) is 0. The molecule has 1 saturated heterocycles. The predicted molar refractivity (Wildman–Crippen MR) is 87.6 cm³/mol. The highest BCUT2D eigenvalue weighted by atomic mass is 32.1. The van der Waals surface area contributed by atoms with E-state index < -0.39 is 0 Å². The van der Waals surface area contributed by atoms with Crippen molar-refractivity contribution < 1.29 is 0 Å². The largest absolute Gasteiger partial charge is 0.342 e. The summed E-state index contributed by atoms with van der Waals surface area (Å²) in [6, 6.07) is 10.2. The van der Waals surface area contributed by atoms with Crippen LogP contribution in [0.4, 0.5) is 5.13 Å². The van der Waals surface area contributed by atoms with Crippen LogP contribution in [-0.4, -0.2) is 15.8 Å². The number of thiazole rings is 1. The number of nitrogens with zero attached hydrogens (tertiary/aromatic N) is 2. The number of hydrogen-bond donors (Lipinski definition) is 2. The minimum Gasteiger partial charge on any atom is -0.342 e. The van der Waals surface area contributed by atoms with Gasteiger partial charge in [0.1, 0.15) is 5.66 Å². The third-order valence-corrected chi connectivity index (χ3v) is 4.51. The van der Waals surface area contributed by atoms with Crippen molar-refractivity contribution in [3.63, 3.8) is 0 Å². The minimum absolute atomic E-state index is 0.199. The molecule has 1 aromatic carbocycles. The Morgan fingerprint density at radius 3 is 2.75 bits per heavy atom. The summed E-state index contributed by atoms with van der Waals surface area (Å²) in [6.45, 7) is 4.20. The Labute approximate surface area is 127 Å². The molecule has 2 heterocycles. The highest BCUT2D eigenvalue weighted by Crippen LogP contribution is 2.29. The molecule has 0 radical (unpaired) electrons. The van der Waals surface area contributed by atoms with Crippen molar-refractivity contribution in [2.24, 2.45) is 0 Å². The Hall–Kier alpha value is -1.50. The zero-order valence-corrected chi connectivity index (χ0v) is 13.0. The molecule has 1 unspecified atom stereocenters. The zero-order chi connectivity index (χ0) is 14.2. The van der Waals surface area contributed by atoms with E-state index in [1.807, 2.05) is 23.2 Å². The second-order valence-corrected chi connectivity index (χ2v) is 6.17. The standard InChI is InChI=1S/C14H16N4S2/c1-3-14(2)16-12(19)18(17-14)13-15-11(9-20-13)10-7-5-4-6-8-10/h4-9,17H,3H2,1-2H3,(H,16,19). The maximum absolute atomic E-state index is 5.38. The fourth-order valence-corrected chi connectivity index (χ4v) is 3.24. The van der Waals surface area contributed by atoms with Gasteiger partial charge in [0.05, 0.1) is 5.69 Å². The predicted octanol–water partition coefficient (Wildman–Crippen LogP) is 3.14. The number of nitrogens with one attached hydrogen (secondary N) is 2. The SMILES string of the molecule is CCC1(C)NC(=S)N(c2nc(-c3ccccc3)cs2)N1. The number of hydrogen-bond acceptors (Lipinski definition) is 4. The number of aromatic nitrogens is 1. The molecule has 1 aliphatic rings. The quantitative estimate of drug-likeness (QED) is 0.853. The van der Waals surface area contributed by atoms with Crippen molar-refractivity contribution in [2.75, 3.05) is 5.01 Å². The third kappa shape index (κ3) is 2.42. The fourth-order valence-electron chi connectivity index (χ4n) is 2.03. The highest BCUT2D eigenvalue weighted by molar-refractivity contribution is 7.80. The van der Waals surface area contributed by atoms with Crippen LogP contribution in [0, 0.1) is 0 Å². The van der Waals surface area contributed by atoms with Crippen LogP contribution in [0.3, 0.4) is 0 Å². The molecule has 1 aliphatic heterocycles. The van der Waals surface area contributed by atoms with Gasteiger partial charge in [0.15, 0.2) is 5.11 Å². The van der Waals surface area contributed by atoms with E-state index in [-0.39, 0.29) is 5.66 Å². The number of thiocarbonyl (C=S) groups is 1. The Morgan fingerprint density at radius 2 is 2.10 bits per heavy atom. The Balaban J connectivity index is 1.86. The molecule has 104 valence electrons. The van der Waals surface area contributed by atoms with E-state index in [0.29, 0.717) is 5.11 Å². The maximum Gasteiger partial charge on any atom is 0.207 e. The zero-order valence-electron chi connectivity index (χ0n) is 11.4. The molecular weight excluding hydrogens is 288 g/mol. The van der Waals surface area contributed by atoms with E-state index >= 15 is 0 Å². The molecule has 4 nitrogen and oxygen atoms in total. The van der Waals surface area contributed by atoms with E-state index in [2.05, 4.69) is 47.1 Å². The van der Waals surface area contributed by atoms with Crippen LogP contribution in [0.5, 0.6) is 0 Å². The monoisotopic (exact) mass is 304 g/mol. The van der Waals surface area contributed by atoms with Crippen molar-refractivity contribution in [3.05, 3.63) is 35.7 Å². The molecule has 1 atom stereocenters. The average molecular weight is 304 g/mol. The van der Waals surface area contributed by atoms with Crippen LogP contribution in [0.15, 0.2) is 35.7 Å². The lowest BCUT2D eigenvalue weighted by atomic mass is 10.2. The lowest BCUT2D eigenvalue weighted by molar-refractivity contribution is 0.362. The van der Waals surface area contributed by atoms with Gasteiger partial charge in [0, 0.05) is 10.9 Å². The first-order chi connectivity index (χ1) is 9.61. The summed E-state index contributed by atoms with van der Waals surface area (Å²) < 4.78 is 0. The molecule has 2 N–H and O–H groups in total. The lowest BCUT2D eigenvalue weighted by Crippen LogP contribution is -2.47. The van der Waals surface area contributed by atoms with Gasteiger partial charge in [0.25, 0.3) is 0 Å². The van der Waals surface area contributed by atoms with E-state index in [0.717, 1.165) is 22.8 Å². The van der Waals surface area contributed by atoms with Crippen molar-refractivity contribution in [3.8, 4) is 11.3 Å². The van der Waals surface area contributed by atoms with Gasteiger partial charge in [-0.05, 0) is 25.6 Å². The Bertz CT molecular complexity index is 625. The average Bonchev–Trinajstić information content (AvgIpc) is 3.05. The van der Waals surface area contributed by atoms with Crippen LogP contribution in [0.2, 0.25) is 0 Å². The number of rotatable bonds is 3. The van der Waals surface area contributed by atoms with Gasteiger partial charge in [-0.3, -0.25) is 0 Å². The first kappa shape index (κ1) is 13.5. The molecule has 1 fully saturated rings. The van der Waals surface area contributed by atoms with Gasteiger partial charge in [-0.15, -0.1) is 11.3 Å². The molecule has 1 aromatic heterocycles. The van der Waals surface area contributed by atoms with Crippen LogP contribution in [-0.2, 0) is 0 Å². The molecule has 3 rings (SSSR count). The van der Waals surface area contributed by atoms with Crippen molar-refractivity contribution in [1.29, 1.82) is 0 Å². The van der Waals surface area contributed by atoms with E-state index in [9.17, 15) is 0 Å². The summed E-state index contributed by atoms with van der Waals surface area (Å²) in [6.07, 6.45) is 0.931. The maximum atomic E-state index is 5.38. The summed E-state index contributed by atoms with van der Waals surface area (Å²) >= 11 is 6.96. The van der Waals surface area contributed by atoms with Gasteiger partial charge >= 0.3 is 0 Å². The van der Waals surface area contributed by atoms with Crippen LogP contribution in [0.1, 0.15) is 20.3 Å². The molecule has 0 spiro atoms. The van der Waals surface area contributed by atoms with E-state index in [1.54, 1.807) is 11.3 Å². The normalized spacial score (nSPS) is 22.1. The van der Waals surface area contributed by atoms with Gasteiger partial charge in [-0.2, -0.15) is 0 Å². The number of hydrazine groups is 1. The van der Waals surface area contributed by atoms with Crippen LogP contribution in [0.25, 0.3) is 11.3 Å². The Morgan fingerprint density at radius 1 is 1.35 bits per heavy atom. The lowest BCUT2D eigenvalue weighted by Gasteiger charge is -2.22. The van der Waals surface area contributed by atoms with Crippen molar-refractivity contribution in [2.45, 2.75) is 25.9 Å². The van der Waals surface area contributed by atoms with E-state index in [1.165, 1.54) is 0 Å². The first-order valence-electron chi connectivity index (χ1n) is 6.52. The number of anilines is 1. The Kier molecular flexibility index (Phi) is 3.45. The summed E-state index contributed by atoms with van der Waals surface area (Å²) in [5.41, 5.74) is 5.27.